The number of nitrogens with one attached hydrogen (secondary N) is 1. The molecule has 136 valence electrons. The van der Waals surface area contributed by atoms with Gasteiger partial charge >= 0.3 is 0 Å². The van der Waals surface area contributed by atoms with Gasteiger partial charge in [-0.05, 0) is 62.7 Å². The maximum Gasteiger partial charge on any atom is 0.267 e. The zero-order chi connectivity index (χ0) is 19.6. The molecule has 1 amide bonds. The number of benzene rings is 1. The number of aryl methyl sites for hydroxylation is 2. The molecule has 3 rings (SSSR count). The molecule has 0 unspecified atom stereocenters. The minimum Gasteiger partial charge on any atom is -0.360 e. The molecule has 0 saturated carbocycles. The smallest absolute Gasteiger partial charge is 0.267 e. The number of halogens is 1. The van der Waals surface area contributed by atoms with E-state index in [-0.39, 0.29) is 17.2 Å². The predicted octanol–water partition coefficient (Wildman–Crippen LogP) is 4.08. The molecule has 7 heteroatoms. The van der Waals surface area contributed by atoms with Crippen LogP contribution in [0.1, 0.15) is 22.7 Å². The molecule has 0 spiro atoms. The van der Waals surface area contributed by atoms with Crippen molar-refractivity contribution < 1.29 is 13.7 Å². The summed E-state index contributed by atoms with van der Waals surface area (Å²) in [5.74, 6) is -0.0867. The summed E-state index contributed by atoms with van der Waals surface area (Å²) in [7, 11) is 0. The molecule has 0 aliphatic rings. The number of aromatic nitrogens is 2. The van der Waals surface area contributed by atoms with E-state index in [0.717, 1.165) is 22.6 Å². The van der Waals surface area contributed by atoms with E-state index in [1.54, 1.807) is 25.1 Å². The van der Waals surface area contributed by atoms with Gasteiger partial charge in [0.05, 0.1) is 0 Å². The van der Waals surface area contributed by atoms with Crippen LogP contribution in [0.25, 0.3) is 11.8 Å². The van der Waals surface area contributed by atoms with Crippen molar-refractivity contribution in [3.8, 4) is 11.8 Å². The monoisotopic (exact) mass is 364 g/mol. The van der Waals surface area contributed by atoms with Gasteiger partial charge in [-0.1, -0.05) is 5.16 Å². The fraction of sp³-hybridized carbons (Fsp3) is 0.150. The standard InChI is InChI=1S/C20H17FN4O2/c1-12-8-15(14(3)25(12)18-6-4-17(21)5-7-18)10-16(11-22)20(26)23-19-9-13(2)27-24-19/h4-10H,1-3H3,(H,23,24,26)/b16-10-. The van der Waals surface area contributed by atoms with Gasteiger partial charge in [-0.3, -0.25) is 4.79 Å². The first-order valence-electron chi connectivity index (χ1n) is 8.20. The van der Waals surface area contributed by atoms with Crippen LogP contribution in [0.2, 0.25) is 0 Å². The van der Waals surface area contributed by atoms with Crippen LogP contribution in [0, 0.1) is 37.9 Å². The van der Waals surface area contributed by atoms with Crippen molar-refractivity contribution >= 4 is 17.8 Å². The Morgan fingerprint density at radius 1 is 1.26 bits per heavy atom. The molecule has 6 nitrogen and oxygen atoms in total. The van der Waals surface area contributed by atoms with E-state index in [1.807, 2.05) is 30.6 Å². The Kier molecular flexibility index (Phi) is 4.90. The molecule has 0 bridgehead atoms. The minimum absolute atomic E-state index is 0.0602. The van der Waals surface area contributed by atoms with Gasteiger partial charge in [-0.25, -0.2) is 4.39 Å². The molecule has 2 aromatic heterocycles. The van der Waals surface area contributed by atoms with Crippen molar-refractivity contribution in [2.45, 2.75) is 20.8 Å². The molecule has 0 radical (unpaired) electrons. The predicted molar refractivity (Wildman–Crippen MR) is 98.7 cm³/mol. The third kappa shape index (κ3) is 3.80. The molecule has 0 atom stereocenters. The third-order valence-corrected chi connectivity index (χ3v) is 4.09. The Morgan fingerprint density at radius 2 is 1.96 bits per heavy atom. The number of nitrogens with zero attached hydrogens (tertiary/aromatic N) is 3. The maximum absolute atomic E-state index is 13.2. The number of hydrogen-bond acceptors (Lipinski definition) is 4. The van der Waals surface area contributed by atoms with Gasteiger partial charge in [-0.2, -0.15) is 5.26 Å². The number of anilines is 1. The lowest BCUT2D eigenvalue weighted by Gasteiger charge is -2.09. The number of nitriles is 1. The van der Waals surface area contributed by atoms with Crippen LogP contribution in [-0.2, 0) is 4.79 Å². The quantitative estimate of drug-likeness (QED) is 0.558. The lowest BCUT2D eigenvalue weighted by atomic mass is 10.1. The van der Waals surface area contributed by atoms with Crippen LogP contribution in [0.4, 0.5) is 10.2 Å². The second-order valence-electron chi connectivity index (χ2n) is 6.09. The SMILES string of the molecule is Cc1cc(NC(=O)/C(C#N)=C\c2cc(C)n(-c3ccc(F)cc3)c2C)no1. The first-order chi connectivity index (χ1) is 12.9. The Bertz CT molecular complexity index is 1070. The van der Waals surface area contributed by atoms with E-state index in [1.165, 1.54) is 18.2 Å². The van der Waals surface area contributed by atoms with E-state index in [9.17, 15) is 14.4 Å². The molecule has 0 saturated heterocycles. The second-order valence-corrected chi connectivity index (χ2v) is 6.09. The first-order valence-corrected chi connectivity index (χ1v) is 8.20. The Labute approximate surface area is 155 Å². The van der Waals surface area contributed by atoms with Gasteiger partial charge in [-0.15, -0.1) is 0 Å². The Morgan fingerprint density at radius 3 is 2.56 bits per heavy atom. The van der Waals surface area contributed by atoms with Gasteiger partial charge in [0.25, 0.3) is 5.91 Å². The van der Waals surface area contributed by atoms with Crippen molar-refractivity contribution in [3.63, 3.8) is 0 Å². The molecular formula is C20H17FN4O2. The molecule has 3 aromatic rings. The summed E-state index contributed by atoms with van der Waals surface area (Å²) in [6.07, 6.45) is 1.52. The highest BCUT2D eigenvalue weighted by molar-refractivity contribution is 6.09. The van der Waals surface area contributed by atoms with E-state index in [2.05, 4.69) is 10.5 Å². The van der Waals surface area contributed by atoms with Crippen LogP contribution in [0.3, 0.4) is 0 Å². The number of hydrogen-bond donors (Lipinski definition) is 1. The zero-order valence-corrected chi connectivity index (χ0v) is 15.1. The van der Waals surface area contributed by atoms with Gasteiger partial charge in [0, 0.05) is 23.1 Å². The Hall–Kier alpha value is -3.66. The summed E-state index contributed by atoms with van der Waals surface area (Å²) in [6, 6.07) is 11.5. The molecule has 1 N–H and O–H groups in total. The highest BCUT2D eigenvalue weighted by Crippen LogP contribution is 2.23. The molecule has 0 fully saturated rings. The first kappa shape index (κ1) is 18.1. The van der Waals surface area contributed by atoms with Crippen molar-refractivity contribution in [1.82, 2.24) is 9.72 Å². The summed E-state index contributed by atoms with van der Waals surface area (Å²) < 4.78 is 20.0. The van der Waals surface area contributed by atoms with Gasteiger partial charge in [0.15, 0.2) is 5.82 Å². The fourth-order valence-corrected chi connectivity index (χ4v) is 2.83. The van der Waals surface area contributed by atoms with Crippen LogP contribution >= 0.6 is 0 Å². The molecule has 2 heterocycles. The summed E-state index contributed by atoms with van der Waals surface area (Å²) in [5.41, 5.74) is 3.19. The average Bonchev–Trinajstić information content (AvgIpc) is 3.16. The lowest BCUT2D eigenvalue weighted by molar-refractivity contribution is -0.112. The molecule has 0 aliphatic heterocycles. The van der Waals surface area contributed by atoms with E-state index < -0.39 is 5.91 Å². The van der Waals surface area contributed by atoms with Gasteiger partial charge in [0.2, 0.25) is 0 Å². The second kappa shape index (κ2) is 7.30. The summed E-state index contributed by atoms with van der Waals surface area (Å²) in [4.78, 5) is 12.3. The highest BCUT2D eigenvalue weighted by atomic mass is 19.1. The Balaban J connectivity index is 1.93. The van der Waals surface area contributed by atoms with Crippen molar-refractivity contribution in [2.75, 3.05) is 5.32 Å². The summed E-state index contributed by atoms with van der Waals surface area (Å²) in [5, 5.41) is 15.6. The van der Waals surface area contributed by atoms with E-state index >= 15 is 0 Å². The van der Waals surface area contributed by atoms with Crippen molar-refractivity contribution in [3.05, 3.63) is 70.5 Å². The minimum atomic E-state index is -0.572. The topological polar surface area (TPSA) is 83.9 Å². The third-order valence-electron chi connectivity index (χ3n) is 4.09. The number of amides is 1. The number of rotatable bonds is 4. The van der Waals surface area contributed by atoms with Gasteiger partial charge < -0.3 is 14.4 Å². The summed E-state index contributed by atoms with van der Waals surface area (Å²) in [6.45, 7) is 5.47. The van der Waals surface area contributed by atoms with Crippen LogP contribution in [0.15, 0.2) is 46.5 Å². The largest absolute Gasteiger partial charge is 0.360 e. The summed E-state index contributed by atoms with van der Waals surface area (Å²) >= 11 is 0. The fourth-order valence-electron chi connectivity index (χ4n) is 2.83. The maximum atomic E-state index is 13.2. The van der Waals surface area contributed by atoms with Crippen LogP contribution in [0.5, 0.6) is 0 Å². The van der Waals surface area contributed by atoms with Crippen molar-refractivity contribution in [1.29, 1.82) is 5.26 Å². The van der Waals surface area contributed by atoms with Gasteiger partial charge in [0.1, 0.15) is 23.2 Å². The average molecular weight is 364 g/mol. The zero-order valence-electron chi connectivity index (χ0n) is 15.1. The molecule has 1 aromatic carbocycles. The molecular weight excluding hydrogens is 347 g/mol. The van der Waals surface area contributed by atoms with E-state index in [4.69, 9.17) is 4.52 Å². The lowest BCUT2D eigenvalue weighted by Crippen LogP contribution is -2.13. The van der Waals surface area contributed by atoms with E-state index in [0.29, 0.717) is 5.76 Å². The molecule has 0 aliphatic carbocycles. The normalized spacial score (nSPS) is 11.3. The number of carbonyl (C=O) groups is 1. The number of carbonyl (C=O) groups excluding carboxylic acids is 1. The molecule has 27 heavy (non-hydrogen) atoms. The van der Waals surface area contributed by atoms with Crippen molar-refractivity contribution in [2.24, 2.45) is 0 Å². The van der Waals surface area contributed by atoms with Crippen LogP contribution in [-0.4, -0.2) is 15.6 Å². The highest BCUT2D eigenvalue weighted by Gasteiger charge is 2.15. The van der Waals surface area contributed by atoms with Crippen LogP contribution < -0.4 is 5.32 Å².